The quantitative estimate of drug-likeness (QED) is 0.527. The number of aromatic nitrogens is 3. The average Bonchev–Trinajstić information content (AvgIpc) is 2.82. The van der Waals surface area contributed by atoms with Gasteiger partial charge in [-0.15, -0.1) is 0 Å². The number of amidine groups is 1. The number of rotatable bonds is 3. The van der Waals surface area contributed by atoms with Gasteiger partial charge in [0.1, 0.15) is 17.0 Å². The lowest BCUT2D eigenvalue weighted by molar-refractivity contribution is 0.946. The summed E-state index contributed by atoms with van der Waals surface area (Å²) in [5.41, 5.74) is 9.59. The van der Waals surface area contributed by atoms with Gasteiger partial charge in [0, 0.05) is 22.0 Å². The van der Waals surface area contributed by atoms with Gasteiger partial charge in [-0.3, -0.25) is 4.99 Å². The van der Waals surface area contributed by atoms with Gasteiger partial charge in [0.25, 0.3) is 0 Å². The molecule has 6 heteroatoms. The second-order valence-corrected chi connectivity index (χ2v) is 3.89. The third kappa shape index (κ3) is 3.59. The highest BCUT2D eigenvalue weighted by Crippen LogP contribution is 2.17. The molecule has 0 fully saturated rings. The first-order valence-corrected chi connectivity index (χ1v) is 6.78. The van der Waals surface area contributed by atoms with E-state index in [-0.39, 0.29) is 8.41 Å². The summed E-state index contributed by atoms with van der Waals surface area (Å²) >= 11 is 0. The summed E-state index contributed by atoms with van der Waals surface area (Å²) in [6, 6.07) is 1.94. The van der Waals surface area contributed by atoms with Crippen LogP contribution in [0.1, 0.15) is 39.1 Å². The molecule has 0 spiro atoms. The number of imidazole rings is 1. The van der Waals surface area contributed by atoms with E-state index < -0.39 is 0 Å². The van der Waals surface area contributed by atoms with Crippen molar-refractivity contribution in [3.63, 3.8) is 0 Å². The van der Waals surface area contributed by atoms with Crippen LogP contribution in [0, 0.1) is 0 Å². The largest absolute Gasteiger partial charge is 0.382 e. The zero-order valence-corrected chi connectivity index (χ0v) is 13.0. The van der Waals surface area contributed by atoms with Crippen LogP contribution in [0.2, 0.25) is 0 Å². The molecule has 0 amide bonds. The van der Waals surface area contributed by atoms with Crippen molar-refractivity contribution in [2.45, 2.75) is 34.1 Å². The smallest absolute Gasteiger partial charge is 0.144 e. The number of fused-ring (bicyclic) bond motifs is 1. The molecule has 0 aliphatic heterocycles. The predicted octanol–water partition coefficient (Wildman–Crippen LogP) is 1.90. The molecular weight excluding hydrogens is 249 g/mol. The third-order valence-corrected chi connectivity index (χ3v) is 2.71. The van der Waals surface area contributed by atoms with Crippen molar-refractivity contribution in [3.05, 3.63) is 23.8 Å². The number of aryl methyl sites for hydroxylation is 2. The van der Waals surface area contributed by atoms with Gasteiger partial charge in [-0.2, -0.15) is 0 Å². The Morgan fingerprint density at radius 3 is 2.55 bits per heavy atom. The minimum absolute atomic E-state index is 0. The van der Waals surface area contributed by atoms with E-state index in [9.17, 15) is 0 Å². The number of hydrogen-bond donors (Lipinski definition) is 1. The Balaban J connectivity index is 0.00000115. The first-order valence-electron chi connectivity index (χ1n) is 6.78. The fourth-order valence-corrected chi connectivity index (χ4v) is 1.82. The van der Waals surface area contributed by atoms with Crippen molar-refractivity contribution in [1.29, 1.82) is 0 Å². The van der Waals surface area contributed by atoms with Gasteiger partial charge in [0.2, 0.25) is 0 Å². The van der Waals surface area contributed by atoms with Crippen molar-refractivity contribution in [1.82, 2.24) is 14.5 Å². The van der Waals surface area contributed by atoms with Gasteiger partial charge < -0.3 is 10.3 Å². The lowest BCUT2D eigenvalue weighted by Crippen LogP contribution is -2.16. The van der Waals surface area contributed by atoms with Crippen LogP contribution < -0.4 is 5.73 Å². The molecule has 0 saturated carbocycles. The van der Waals surface area contributed by atoms with Crippen molar-refractivity contribution in [3.8, 4) is 0 Å². The average molecular weight is 272 g/mol. The first kappa shape index (κ1) is 18.2. The Kier molecular flexibility index (Phi) is 7.58. The van der Waals surface area contributed by atoms with Crippen LogP contribution in [0.15, 0.2) is 17.4 Å². The molecule has 0 bridgehead atoms. The fraction of sp³-hybridized carbons (Fsp3) is 0.500. The maximum absolute atomic E-state index is 5.90. The molecule has 0 aliphatic rings. The molecule has 2 rings (SSSR count). The Hall–Kier alpha value is -1.85. The molecule has 2 aromatic rings. The van der Waals surface area contributed by atoms with Crippen LogP contribution in [0.4, 0.5) is 0 Å². The number of nitrogens with two attached hydrogens (primary N) is 1. The van der Waals surface area contributed by atoms with E-state index in [4.69, 9.17) is 5.73 Å². The minimum atomic E-state index is 0. The molecule has 20 heavy (non-hydrogen) atoms. The second kappa shape index (κ2) is 8.35. The van der Waals surface area contributed by atoms with Gasteiger partial charge in [-0.1, -0.05) is 20.8 Å². The molecule has 2 heterocycles. The number of pyridine rings is 1. The topological polar surface area (TPSA) is 69.1 Å². The van der Waals surface area contributed by atoms with Crippen LogP contribution in [0.5, 0.6) is 0 Å². The predicted molar refractivity (Wildman–Crippen MR) is 86.3 cm³/mol. The summed E-state index contributed by atoms with van der Waals surface area (Å²) in [5.74, 6) is 0.491. The Morgan fingerprint density at radius 1 is 1.35 bits per heavy atom. The highest BCUT2D eigenvalue weighted by Gasteiger charge is 2.10. The van der Waals surface area contributed by atoms with E-state index in [1.54, 1.807) is 6.33 Å². The Labute approximate surface area is 122 Å². The third-order valence-electron chi connectivity index (χ3n) is 2.71. The van der Waals surface area contributed by atoms with Gasteiger partial charge in [-0.05, 0) is 19.4 Å². The lowest BCUT2D eigenvalue weighted by Gasteiger charge is -2.05. The summed E-state index contributed by atoms with van der Waals surface area (Å²) < 4.78 is 1.97. The van der Waals surface area contributed by atoms with Gasteiger partial charge in [0.05, 0.1) is 17.5 Å². The van der Waals surface area contributed by atoms with E-state index >= 15 is 0 Å². The maximum Gasteiger partial charge on any atom is 0.144 e. The van der Waals surface area contributed by atoms with E-state index in [1.165, 1.54) is 0 Å². The van der Waals surface area contributed by atoms with Crippen LogP contribution in [-0.2, 0) is 13.5 Å². The van der Waals surface area contributed by atoms with Crippen molar-refractivity contribution in [2.24, 2.45) is 17.8 Å². The maximum atomic E-state index is 5.90. The molecular formula is C14H23BN5. The molecule has 3 radical (unpaired) electrons. The van der Waals surface area contributed by atoms with Crippen molar-refractivity contribution < 1.29 is 0 Å². The number of nitrogens with zero attached hydrogens (tertiary/aromatic N) is 4. The zero-order chi connectivity index (χ0) is 14.4. The SMILES string of the molecule is CC.CCN=C(N)c1cc2c(ncn2C)c(CC)n1.[B]. The van der Waals surface area contributed by atoms with Crippen LogP contribution in [0.3, 0.4) is 0 Å². The highest BCUT2D eigenvalue weighted by atomic mass is 15.0. The number of aliphatic imine (C=N–C) groups is 1. The first-order chi connectivity index (χ1) is 9.17. The zero-order valence-electron chi connectivity index (χ0n) is 13.0. The van der Waals surface area contributed by atoms with Crippen molar-refractivity contribution in [2.75, 3.05) is 6.54 Å². The van der Waals surface area contributed by atoms with E-state index in [0.717, 1.165) is 28.8 Å². The molecule has 0 aromatic carbocycles. The van der Waals surface area contributed by atoms with E-state index in [1.807, 2.05) is 38.5 Å². The molecule has 2 aromatic heterocycles. The molecule has 107 valence electrons. The summed E-state index contributed by atoms with van der Waals surface area (Å²) in [4.78, 5) is 13.1. The standard InChI is InChI=1S/C12H17N5.C2H6.B/c1-4-8-11-10(17(3)7-15-11)6-9(16-8)12(13)14-5-2;1-2;/h6-7H,4-5H2,1-3H3,(H2,13,14);1-2H3;. The summed E-state index contributed by atoms with van der Waals surface area (Å²) in [7, 11) is 1.96. The van der Waals surface area contributed by atoms with Gasteiger partial charge in [-0.25, -0.2) is 9.97 Å². The molecule has 0 saturated heterocycles. The summed E-state index contributed by atoms with van der Waals surface area (Å²) in [6.07, 6.45) is 2.63. The Bertz CT molecular complexity index is 574. The van der Waals surface area contributed by atoms with E-state index in [0.29, 0.717) is 12.4 Å². The number of hydrogen-bond acceptors (Lipinski definition) is 3. The molecule has 5 nitrogen and oxygen atoms in total. The molecule has 0 atom stereocenters. The second-order valence-electron chi connectivity index (χ2n) is 3.89. The van der Waals surface area contributed by atoms with Crippen LogP contribution in [-0.4, -0.2) is 35.3 Å². The van der Waals surface area contributed by atoms with Crippen LogP contribution in [0.25, 0.3) is 11.0 Å². The lowest BCUT2D eigenvalue weighted by atomic mass is 10.2. The molecule has 2 N–H and O–H groups in total. The monoisotopic (exact) mass is 272 g/mol. The molecule has 0 unspecified atom stereocenters. The van der Waals surface area contributed by atoms with Gasteiger partial charge in [0.15, 0.2) is 0 Å². The summed E-state index contributed by atoms with van der Waals surface area (Å²) in [5, 5.41) is 0. The molecule has 0 aliphatic carbocycles. The van der Waals surface area contributed by atoms with E-state index in [2.05, 4.69) is 21.9 Å². The summed E-state index contributed by atoms with van der Waals surface area (Å²) in [6.45, 7) is 8.68. The normalized spacial score (nSPS) is 10.8. The highest BCUT2D eigenvalue weighted by molar-refractivity contribution is 5.98. The van der Waals surface area contributed by atoms with Gasteiger partial charge >= 0.3 is 0 Å². The Morgan fingerprint density at radius 2 is 2.00 bits per heavy atom. The van der Waals surface area contributed by atoms with Crippen LogP contribution >= 0.6 is 0 Å². The minimum Gasteiger partial charge on any atom is -0.382 e. The fourth-order valence-electron chi connectivity index (χ4n) is 1.82. The van der Waals surface area contributed by atoms with Crippen molar-refractivity contribution >= 4 is 25.3 Å².